The molecule has 1 aliphatic heterocycles. The molecule has 1 N–H and O–H groups in total. The molecule has 1 saturated heterocycles. The van der Waals surface area contributed by atoms with Gasteiger partial charge in [0.1, 0.15) is 5.75 Å². The van der Waals surface area contributed by atoms with Gasteiger partial charge in [-0.2, -0.15) is 11.8 Å². The van der Waals surface area contributed by atoms with Gasteiger partial charge in [0.2, 0.25) is 0 Å². The minimum Gasteiger partial charge on any atom is -0.490 e. The van der Waals surface area contributed by atoms with E-state index in [0.29, 0.717) is 18.2 Å². The number of ether oxygens (including phenoxy) is 1. The Balaban J connectivity index is 1.78. The molecule has 21 heavy (non-hydrogen) atoms. The summed E-state index contributed by atoms with van der Waals surface area (Å²) in [6.07, 6.45) is 2.89. The van der Waals surface area contributed by atoms with Crippen molar-refractivity contribution in [1.29, 1.82) is 0 Å². The zero-order valence-electron chi connectivity index (χ0n) is 13.0. The number of rotatable bonds is 6. The average Bonchev–Trinajstić information content (AvgIpc) is 3.30. The third-order valence-electron chi connectivity index (χ3n) is 4.30. The molecule has 116 valence electrons. The van der Waals surface area contributed by atoms with Crippen LogP contribution in [0, 0.1) is 0 Å². The Bertz CT molecular complexity index is 464. The van der Waals surface area contributed by atoms with E-state index < -0.39 is 0 Å². The van der Waals surface area contributed by atoms with Crippen LogP contribution in [0.4, 0.5) is 0 Å². The Hall–Kier alpha value is -0.710. The van der Waals surface area contributed by atoms with Crippen molar-refractivity contribution in [2.24, 2.45) is 0 Å². The van der Waals surface area contributed by atoms with E-state index in [1.165, 1.54) is 36.5 Å². The Labute approximate surface area is 132 Å². The molecule has 1 aromatic rings. The molecule has 2 fully saturated rings. The third-order valence-corrected chi connectivity index (χ3v) is 5.34. The maximum Gasteiger partial charge on any atom is 0.120 e. The molecule has 2 unspecified atom stereocenters. The Morgan fingerprint density at radius 1 is 1.43 bits per heavy atom. The van der Waals surface area contributed by atoms with Gasteiger partial charge in [-0.1, -0.05) is 19.1 Å². The lowest BCUT2D eigenvalue weighted by Crippen LogP contribution is -2.47. The van der Waals surface area contributed by atoms with Crippen LogP contribution in [-0.2, 0) is 0 Å². The maximum atomic E-state index is 5.96. The first-order valence-electron chi connectivity index (χ1n) is 8.06. The van der Waals surface area contributed by atoms with Crippen molar-refractivity contribution in [2.75, 3.05) is 31.6 Å². The molecule has 0 bridgehead atoms. The highest BCUT2D eigenvalue weighted by atomic mass is 32.2. The molecule has 0 amide bonds. The van der Waals surface area contributed by atoms with Crippen LogP contribution in [-0.4, -0.2) is 48.7 Å². The van der Waals surface area contributed by atoms with Gasteiger partial charge in [0.15, 0.2) is 0 Å². The summed E-state index contributed by atoms with van der Waals surface area (Å²) in [5.41, 5.74) is 1.36. The standard InChI is InChI=1S/C17H26N2OS/c1-3-18-17(16-12-21-10-9-19(16)2)13-5-4-6-15(11-13)20-14-7-8-14/h4-6,11,14,16-18H,3,7-10,12H2,1-2H3. The van der Waals surface area contributed by atoms with Crippen molar-refractivity contribution in [1.82, 2.24) is 10.2 Å². The molecule has 1 aliphatic carbocycles. The number of hydrogen-bond acceptors (Lipinski definition) is 4. The Morgan fingerprint density at radius 3 is 3.00 bits per heavy atom. The summed E-state index contributed by atoms with van der Waals surface area (Å²) in [5.74, 6) is 3.47. The fourth-order valence-electron chi connectivity index (χ4n) is 2.91. The SMILES string of the molecule is CCNC(c1cccc(OC2CC2)c1)C1CSCCN1C. The van der Waals surface area contributed by atoms with Crippen LogP contribution in [0.15, 0.2) is 24.3 Å². The van der Waals surface area contributed by atoms with Crippen LogP contribution in [0.1, 0.15) is 31.4 Å². The quantitative estimate of drug-likeness (QED) is 0.873. The van der Waals surface area contributed by atoms with Crippen molar-refractivity contribution in [3.8, 4) is 5.75 Å². The lowest BCUT2D eigenvalue weighted by atomic mass is 9.98. The van der Waals surface area contributed by atoms with Crippen molar-refractivity contribution in [2.45, 2.75) is 38.0 Å². The molecule has 1 aromatic carbocycles. The van der Waals surface area contributed by atoms with E-state index in [1.807, 2.05) is 0 Å². The number of likely N-dealkylation sites (N-methyl/N-ethyl adjacent to an activating group) is 2. The zero-order valence-corrected chi connectivity index (χ0v) is 13.9. The van der Waals surface area contributed by atoms with E-state index in [9.17, 15) is 0 Å². The van der Waals surface area contributed by atoms with Crippen molar-refractivity contribution in [3.63, 3.8) is 0 Å². The predicted octanol–water partition coefficient (Wildman–Crippen LogP) is 2.93. The van der Waals surface area contributed by atoms with Gasteiger partial charge < -0.3 is 10.1 Å². The van der Waals surface area contributed by atoms with E-state index in [2.05, 4.69) is 60.2 Å². The summed E-state index contributed by atoms with van der Waals surface area (Å²) in [5, 5.41) is 3.68. The molecule has 3 nitrogen and oxygen atoms in total. The summed E-state index contributed by atoms with van der Waals surface area (Å²) in [6.45, 7) is 4.36. The number of nitrogens with zero attached hydrogens (tertiary/aromatic N) is 1. The van der Waals surface area contributed by atoms with Crippen molar-refractivity contribution < 1.29 is 4.74 Å². The lowest BCUT2D eigenvalue weighted by Gasteiger charge is -2.38. The van der Waals surface area contributed by atoms with Gasteiger partial charge in [-0.3, -0.25) is 4.90 Å². The van der Waals surface area contributed by atoms with Crippen LogP contribution < -0.4 is 10.1 Å². The van der Waals surface area contributed by atoms with Crippen LogP contribution >= 0.6 is 11.8 Å². The van der Waals surface area contributed by atoms with Crippen LogP contribution in [0.5, 0.6) is 5.75 Å². The topological polar surface area (TPSA) is 24.5 Å². The zero-order chi connectivity index (χ0) is 14.7. The summed E-state index contributed by atoms with van der Waals surface area (Å²) >= 11 is 2.07. The van der Waals surface area contributed by atoms with Gasteiger partial charge in [0, 0.05) is 30.1 Å². The van der Waals surface area contributed by atoms with E-state index in [-0.39, 0.29) is 0 Å². The summed E-state index contributed by atoms with van der Waals surface area (Å²) in [4.78, 5) is 2.50. The van der Waals surface area contributed by atoms with Gasteiger partial charge >= 0.3 is 0 Å². The van der Waals surface area contributed by atoms with Gasteiger partial charge in [-0.15, -0.1) is 0 Å². The minimum absolute atomic E-state index is 0.385. The molecular formula is C17H26N2OS. The first-order valence-corrected chi connectivity index (χ1v) is 9.21. The molecule has 4 heteroatoms. The van der Waals surface area contributed by atoms with Crippen molar-refractivity contribution in [3.05, 3.63) is 29.8 Å². The van der Waals surface area contributed by atoms with E-state index >= 15 is 0 Å². The van der Waals surface area contributed by atoms with Gasteiger partial charge in [-0.05, 0) is 44.1 Å². The van der Waals surface area contributed by atoms with Crippen LogP contribution in [0.3, 0.4) is 0 Å². The summed E-state index contributed by atoms with van der Waals surface area (Å²) in [6, 6.07) is 9.63. The van der Waals surface area contributed by atoms with Gasteiger partial charge in [0.05, 0.1) is 6.10 Å². The minimum atomic E-state index is 0.385. The molecule has 0 spiro atoms. The number of benzene rings is 1. The largest absolute Gasteiger partial charge is 0.490 e. The second-order valence-corrected chi connectivity index (χ2v) is 7.20. The molecule has 0 radical (unpaired) electrons. The number of hydrogen-bond donors (Lipinski definition) is 1. The lowest BCUT2D eigenvalue weighted by molar-refractivity contribution is 0.216. The smallest absolute Gasteiger partial charge is 0.120 e. The van der Waals surface area contributed by atoms with E-state index in [4.69, 9.17) is 4.74 Å². The van der Waals surface area contributed by atoms with E-state index in [1.54, 1.807) is 0 Å². The monoisotopic (exact) mass is 306 g/mol. The molecule has 0 aromatic heterocycles. The summed E-state index contributed by atoms with van der Waals surface area (Å²) in [7, 11) is 2.25. The van der Waals surface area contributed by atoms with Crippen LogP contribution in [0.25, 0.3) is 0 Å². The fourth-order valence-corrected chi connectivity index (χ4v) is 4.18. The third kappa shape index (κ3) is 3.93. The Morgan fingerprint density at radius 2 is 2.29 bits per heavy atom. The highest BCUT2D eigenvalue weighted by Crippen LogP contribution is 2.31. The molecule has 2 atom stereocenters. The molecular weight excluding hydrogens is 280 g/mol. The van der Waals surface area contributed by atoms with E-state index in [0.717, 1.165) is 12.3 Å². The second-order valence-electron chi connectivity index (χ2n) is 6.05. The normalized spacial score (nSPS) is 24.8. The average molecular weight is 306 g/mol. The first-order chi connectivity index (χ1) is 10.3. The molecule has 2 aliphatic rings. The highest BCUT2D eigenvalue weighted by molar-refractivity contribution is 7.99. The molecule has 3 rings (SSSR count). The Kier molecular flexibility index (Phi) is 5.09. The van der Waals surface area contributed by atoms with Gasteiger partial charge in [-0.25, -0.2) is 0 Å². The van der Waals surface area contributed by atoms with Crippen molar-refractivity contribution >= 4 is 11.8 Å². The van der Waals surface area contributed by atoms with Crippen LogP contribution in [0.2, 0.25) is 0 Å². The fraction of sp³-hybridized carbons (Fsp3) is 0.647. The van der Waals surface area contributed by atoms with Gasteiger partial charge in [0.25, 0.3) is 0 Å². The molecule has 1 saturated carbocycles. The number of nitrogens with one attached hydrogen (secondary N) is 1. The summed E-state index contributed by atoms with van der Waals surface area (Å²) < 4.78 is 5.96. The molecule has 1 heterocycles. The maximum absolute atomic E-state index is 5.96. The predicted molar refractivity (Wildman–Crippen MR) is 90.3 cm³/mol. The first kappa shape index (κ1) is 15.2. The second kappa shape index (κ2) is 7.03. The highest BCUT2D eigenvalue weighted by Gasteiger charge is 2.29. The number of thioether (sulfide) groups is 1.